The summed E-state index contributed by atoms with van der Waals surface area (Å²) in [5, 5.41) is 4.52. The lowest BCUT2D eigenvalue weighted by Crippen LogP contribution is -2.14. The fraction of sp³-hybridized carbons (Fsp3) is 0.0714. The van der Waals surface area contributed by atoms with Gasteiger partial charge in [0.15, 0.2) is 0 Å². The average molecular weight is 311 g/mol. The molecule has 0 atom stereocenters. The van der Waals surface area contributed by atoms with Crippen LogP contribution in [0.1, 0.15) is 11.1 Å². The Morgan fingerprint density at radius 2 is 1.89 bits per heavy atom. The van der Waals surface area contributed by atoms with Crippen LogP contribution in [0.15, 0.2) is 42.5 Å². The summed E-state index contributed by atoms with van der Waals surface area (Å²) in [6.07, 6.45) is 0. The monoisotopic (exact) mass is 310 g/mol. The van der Waals surface area contributed by atoms with Crippen LogP contribution in [0.5, 0.6) is 0 Å². The number of nitrogens with two attached hydrogens (primary N) is 1. The second-order valence-corrected chi connectivity index (χ2v) is 5.29. The first-order chi connectivity index (χ1) is 9.08. The number of halogens is 2. The van der Waals surface area contributed by atoms with Gasteiger partial charge in [0.05, 0.1) is 10.6 Å². The van der Waals surface area contributed by atoms with Gasteiger partial charge < -0.3 is 11.1 Å². The van der Waals surface area contributed by atoms with Crippen molar-refractivity contribution in [3.8, 4) is 0 Å². The molecule has 2 aromatic rings. The molecule has 5 heteroatoms. The van der Waals surface area contributed by atoms with Crippen LogP contribution in [-0.4, -0.2) is 4.99 Å². The summed E-state index contributed by atoms with van der Waals surface area (Å²) in [7, 11) is 0. The molecule has 0 heterocycles. The van der Waals surface area contributed by atoms with Crippen LogP contribution >= 0.6 is 35.4 Å². The largest absolute Gasteiger partial charge is 0.389 e. The lowest BCUT2D eigenvalue weighted by molar-refractivity contribution is 1.15. The molecule has 19 heavy (non-hydrogen) atoms. The summed E-state index contributed by atoms with van der Waals surface area (Å²) in [5.41, 5.74) is 8.25. The maximum Gasteiger partial charge on any atom is 0.107 e. The Balaban J connectivity index is 2.20. The van der Waals surface area contributed by atoms with Gasteiger partial charge in [-0.05, 0) is 29.8 Å². The van der Waals surface area contributed by atoms with Crippen LogP contribution in [0.4, 0.5) is 5.69 Å². The van der Waals surface area contributed by atoms with E-state index in [4.69, 9.17) is 41.2 Å². The Morgan fingerprint density at radius 3 is 2.58 bits per heavy atom. The summed E-state index contributed by atoms with van der Waals surface area (Å²) in [6, 6.07) is 13.1. The summed E-state index contributed by atoms with van der Waals surface area (Å²) in [4.78, 5) is 0.277. The molecule has 0 bridgehead atoms. The number of thiocarbonyl (C=S) groups is 1. The number of rotatable bonds is 4. The highest BCUT2D eigenvalue weighted by Crippen LogP contribution is 2.25. The van der Waals surface area contributed by atoms with Crippen molar-refractivity contribution in [2.45, 2.75) is 6.54 Å². The van der Waals surface area contributed by atoms with E-state index in [-0.39, 0.29) is 4.99 Å². The molecule has 0 aromatic heterocycles. The Hall–Kier alpha value is -1.29. The summed E-state index contributed by atoms with van der Waals surface area (Å²) in [6.45, 7) is 0.622. The van der Waals surface area contributed by atoms with Crippen molar-refractivity contribution < 1.29 is 0 Å². The zero-order chi connectivity index (χ0) is 13.8. The lowest BCUT2D eigenvalue weighted by Gasteiger charge is -2.12. The average Bonchev–Trinajstić information content (AvgIpc) is 2.36. The molecule has 0 unspecified atom stereocenters. The molecule has 0 fully saturated rings. The first-order valence-corrected chi connectivity index (χ1v) is 6.81. The van der Waals surface area contributed by atoms with Gasteiger partial charge in [-0.2, -0.15) is 0 Å². The molecular weight excluding hydrogens is 299 g/mol. The highest BCUT2D eigenvalue weighted by Gasteiger charge is 2.09. The molecule has 2 nitrogen and oxygen atoms in total. The molecule has 0 amide bonds. The normalized spacial score (nSPS) is 10.2. The van der Waals surface area contributed by atoms with Crippen molar-refractivity contribution in [2.24, 2.45) is 5.73 Å². The summed E-state index contributed by atoms with van der Waals surface area (Å²) < 4.78 is 0. The van der Waals surface area contributed by atoms with E-state index in [9.17, 15) is 0 Å². The summed E-state index contributed by atoms with van der Waals surface area (Å²) >= 11 is 17.1. The minimum atomic E-state index is 0.277. The molecular formula is C14H12Cl2N2S. The highest BCUT2D eigenvalue weighted by atomic mass is 35.5. The van der Waals surface area contributed by atoms with E-state index < -0.39 is 0 Å². The van der Waals surface area contributed by atoms with Gasteiger partial charge in [0.25, 0.3) is 0 Å². The van der Waals surface area contributed by atoms with E-state index in [1.807, 2.05) is 36.4 Å². The number of hydrogen-bond acceptors (Lipinski definition) is 2. The van der Waals surface area contributed by atoms with Crippen LogP contribution in [0, 0.1) is 0 Å². The van der Waals surface area contributed by atoms with E-state index in [1.165, 1.54) is 0 Å². The summed E-state index contributed by atoms with van der Waals surface area (Å²) in [5.74, 6) is 0. The van der Waals surface area contributed by atoms with Crippen LogP contribution in [0.25, 0.3) is 0 Å². The second-order valence-electron chi connectivity index (χ2n) is 4.01. The minimum absolute atomic E-state index is 0.277. The molecule has 2 rings (SSSR count). The van der Waals surface area contributed by atoms with Crippen molar-refractivity contribution in [3.63, 3.8) is 0 Å². The number of hydrogen-bond donors (Lipinski definition) is 2. The molecule has 0 saturated carbocycles. The second kappa shape index (κ2) is 6.24. The third-order valence-corrected chi connectivity index (χ3v) is 3.39. The van der Waals surface area contributed by atoms with Gasteiger partial charge in [-0.3, -0.25) is 0 Å². The SMILES string of the molecule is NC(=S)c1c(Cl)cccc1NCc1cccc(Cl)c1. The van der Waals surface area contributed by atoms with Crippen molar-refractivity contribution in [1.29, 1.82) is 0 Å². The maximum atomic E-state index is 6.10. The van der Waals surface area contributed by atoms with E-state index >= 15 is 0 Å². The molecule has 0 aliphatic carbocycles. The Morgan fingerprint density at radius 1 is 1.16 bits per heavy atom. The fourth-order valence-electron chi connectivity index (χ4n) is 1.77. The van der Waals surface area contributed by atoms with Crippen molar-refractivity contribution in [2.75, 3.05) is 5.32 Å². The number of nitrogens with one attached hydrogen (secondary N) is 1. The molecule has 98 valence electrons. The minimum Gasteiger partial charge on any atom is -0.389 e. The van der Waals surface area contributed by atoms with Gasteiger partial charge >= 0.3 is 0 Å². The molecule has 0 saturated heterocycles. The maximum absolute atomic E-state index is 6.10. The third-order valence-electron chi connectivity index (χ3n) is 2.63. The third kappa shape index (κ3) is 3.60. The van der Waals surface area contributed by atoms with Crippen LogP contribution in [0.3, 0.4) is 0 Å². The van der Waals surface area contributed by atoms with Gasteiger partial charge in [-0.1, -0.05) is 53.6 Å². The van der Waals surface area contributed by atoms with Crippen molar-refractivity contribution in [1.82, 2.24) is 0 Å². The van der Waals surface area contributed by atoms with E-state index in [0.717, 1.165) is 11.3 Å². The van der Waals surface area contributed by atoms with Crippen LogP contribution in [-0.2, 0) is 6.54 Å². The smallest absolute Gasteiger partial charge is 0.107 e. The predicted octanol–water partition coefficient (Wildman–Crippen LogP) is 4.24. The first-order valence-electron chi connectivity index (χ1n) is 5.64. The zero-order valence-corrected chi connectivity index (χ0v) is 12.3. The van der Waals surface area contributed by atoms with E-state index in [0.29, 0.717) is 22.2 Å². The van der Waals surface area contributed by atoms with Crippen molar-refractivity contribution >= 4 is 46.1 Å². The molecule has 0 aliphatic rings. The fourth-order valence-corrected chi connectivity index (χ4v) is 2.53. The number of benzene rings is 2. The van der Waals surface area contributed by atoms with Gasteiger partial charge in [-0.25, -0.2) is 0 Å². The quantitative estimate of drug-likeness (QED) is 0.830. The van der Waals surface area contributed by atoms with Gasteiger partial charge in [0.1, 0.15) is 4.99 Å². The van der Waals surface area contributed by atoms with Crippen molar-refractivity contribution in [3.05, 3.63) is 63.6 Å². The van der Waals surface area contributed by atoms with Gasteiger partial charge in [-0.15, -0.1) is 0 Å². The van der Waals surface area contributed by atoms with Crippen LogP contribution < -0.4 is 11.1 Å². The van der Waals surface area contributed by atoms with Gasteiger partial charge in [0, 0.05) is 17.3 Å². The van der Waals surface area contributed by atoms with Crippen LogP contribution in [0.2, 0.25) is 10.0 Å². The highest BCUT2D eigenvalue weighted by molar-refractivity contribution is 7.80. The topological polar surface area (TPSA) is 38.0 Å². The predicted molar refractivity (Wildman–Crippen MR) is 86.1 cm³/mol. The lowest BCUT2D eigenvalue weighted by atomic mass is 10.1. The molecule has 2 aromatic carbocycles. The molecule has 0 radical (unpaired) electrons. The molecule has 3 N–H and O–H groups in total. The van der Waals surface area contributed by atoms with E-state index in [1.54, 1.807) is 6.07 Å². The Bertz CT molecular complexity index is 614. The zero-order valence-electron chi connectivity index (χ0n) is 9.99. The van der Waals surface area contributed by atoms with E-state index in [2.05, 4.69) is 5.32 Å². The Labute approximate surface area is 127 Å². The molecule has 0 spiro atoms. The van der Waals surface area contributed by atoms with Gasteiger partial charge in [0.2, 0.25) is 0 Å². The Kier molecular flexibility index (Phi) is 4.64. The molecule has 0 aliphatic heterocycles. The number of anilines is 1. The first kappa shape index (κ1) is 14.1. The standard InChI is InChI=1S/C14H12Cl2N2S/c15-10-4-1-3-9(7-10)8-18-12-6-2-5-11(16)13(12)14(17)19/h1-7,18H,8H2,(H2,17,19).